The number of halogens is 4. The van der Waals surface area contributed by atoms with Gasteiger partial charge in [-0.1, -0.05) is 34.8 Å². The first kappa shape index (κ1) is 16.1. The molecular weight excluding hydrogens is 338 g/mol. The van der Waals surface area contributed by atoms with E-state index in [0.29, 0.717) is 12.4 Å². The van der Waals surface area contributed by atoms with Gasteiger partial charge in [-0.15, -0.1) is 0 Å². The lowest BCUT2D eigenvalue weighted by Crippen LogP contribution is -2.04. The Labute approximate surface area is 136 Å². The van der Waals surface area contributed by atoms with Crippen molar-refractivity contribution in [2.75, 3.05) is 6.61 Å². The van der Waals surface area contributed by atoms with Crippen LogP contribution in [0.25, 0.3) is 0 Å². The molecule has 0 radical (unpaired) electrons. The molecule has 21 heavy (non-hydrogen) atoms. The highest BCUT2D eigenvalue weighted by Crippen LogP contribution is 2.32. The zero-order valence-electron chi connectivity index (χ0n) is 10.9. The van der Waals surface area contributed by atoms with Gasteiger partial charge in [-0.05, 0) is 31.2 Å². The quantitative estimate of drug-likeness (QED) is 0.691. The Morgan fingerprint density at radius 2 is 1.81 bits per heavy atom. The average Bonchev–Trinajstić information content (AvgIpc) is 2.45. The first-order valence-electron chi connectivity index (χ1n) is 6.05. The number of benzene rings is 2. The van der Waals surface area contributed by atoms with Gasteiger partial charge in [-0.25, -0.2) is 4.39 Å². The summed E-state index contributed by atoms with van der Waals surface area (Å²) < 4.78 is 18.7. The van der Waals surface area contributed by atoms with Crippen LogP contribution in [0, 0.1) is 5.82 Å². The van der Waals surface area contributed by atoms with Crippen LogP contribution in [0.2, 0.25) is 15.1 Å². The second-order valence-corrected chi connectivity index (χ2v) is 5.38. The van der Waals surface area contributed by atoms with E-state index in [9.17, 15) is 9.18 Å². The molecule has 2 aromatic carbocycles. The van der Waals surface area contributed by atoms with Gasteiger partial charge in [0.15, 0.2) is 5.78 Å². The molecule has 110 valence electrons. The molecule has 2 aromatic rings. The van der Waals surface area contributed by atoms with Crippen molar-refractivity contribution in [1.29, 1.82) is 0 Å². The second kappa shape index (κ2) is 6.65. The fourth-order valence-corrected chi connectivity index (χ4v) is 2.34. The fraction of sp³-hybridized carbons (Fsp3) is 0.133. The van der Waals surface area contributed by atoms with Gasteiger partial charge in [0.2, 0.25) is 0 Å². The van der Waals surface area contributed by atoms with E-state index in [-0.39, 0.29) is 26.2 Å². The summed E-state index contributed by atoms with van der Waals surface area (Å²) in [5, 5.41) is 0.393. The van der Waals surface area contributed by atoms with Crippen LogP contribution in [-0.2, 0) is 0 Å². The van der Waals surface area contributed by atoms with E-state index in [2.05, 4.69) is 0 Å². The third kappa shape index (κ3) is 3.49. The van der Waals surface area contributed by atoms with Crippen LogP contribution < -0.4 is 4.74 Å². The molecule has 0 aromatic heterocycles. The predicted molar refractivity (Wildman–Crippen MR) is 82.5 cm³/mol. The molecule has 0 aliphatic heterocycles. The fourth-order valence-electron chi connectivity index (χ4n) is 1.76. The highest BCUT2D eigenvalue weighted by Gasteiger charge is 2.17. The molecule has 6 heteroatoms. The largest absolute Gasteiger partial charge is 0.492 e. The van der Waals surface area contributed by atoms with Crippen LogP contribution in [0.5, 0.6) is 5.75 Å². The summed E-state index contributed by atoms with van der Waals surface area (Å²) in [4.78, 5) is 12.4. The third-order valence-corrected chi connectivity index (χ3v) is 3.66. The first-order chi connectivity index (χ1) is 9.93. The van der Waals surface area contributed by atoms with E-state index >= 15 is 0 Å². The first-order valence-corrected chi connectivity index (χ1v) is 7.19. The SMILES string of the molecule is CCOc1cc(Cl)c(C(=O)c2ccc(Cl)c(F)c2)cc1Cl. The molecule has 0 heterocycles. The minimum absolute atomic E-state index is 0.0534. The molecule has 0 saturated heterocycles. The number of ether oxygens (including phenoxy) is 1. The summed E-state index contributed by atoms with van der Waals surface area (Å²) in [6, 6.07) is 6.67. The minimum atomic E-state index is -0.671. The molecule has 0 aliphatic carbocycles. The van der Waals surface area contributed by atoms with Crippen LogP contribution in [-0.4, -0.2) is 12.4 Å². The van der Waals surface area contributed by atoms with Crippen LogP contribution >= 0.6 is 34.8 Å². The number of hydrogen-bond acceptors (Lipinski definition) is 2. The van der Waals surface area contributed by atoms with E-state index in [0.717, 1.165) is 6.07 Å². The van der Waals surface area contributed by atoms with Crippen molar-refractivity contribution >= 4 is 40.6 Å². The van der Waals surface area contributed by atoms with Crippen molar-refractivity contribution in [3.05, 3.63) is 62.3 Å². The van der Waals surface area contributed by atoms with E-state index in [1.165, 1.54) is 24.3 Å². The van der Waals surface area contributed by atoms with Gasteiger partial charge in [0.25, 0.3) is 0 Å². The van der Waals surface area contributed by atoms with Crippen LogP contribution in [0.1, 0.15) is 22.8 Å². The Balaban J connectivity index is 2.43. The maximum Gasteiger partial charge on any atom is 0.194 e. The topological polar surface area (TPSA) is 26.3 Å². The molecule has 2 nitrogen and oxygen atoms in total. The highest BCUT2D eigenvalue weighted by atomic mass is 35.5. The Bertz CT molecular complexity index is 702. The number of rotatable bonds is 4. The highest BCUT2D eigenvalue weighted by molar-refractivity contribution is 6.37. The number of hydrogen-bond donors (Lipinski definition) is 0. The zero-order chi connectivity index (χ0) is 15.6. The predicted octanol–water partition coefficient (Wildman–Crippen LogP) is 5.42. The summed E-state index contributed by atoms with van der Waals surface area (Å²) in [5.74, 6) is -0.723. The molecule has 0 amide bonds. The van der Waals surface area contributed by atoms with Gasteiger partial charge in [-0.2, -0.15) is 0 Å². The maximum atomic E-state index is 13.4. The Kier molecular flexibility index (Phi) is 5.09. The van der Waals surface area contributed by atoms with Gasteiger partial charge < -0.3 is 4.74 Å². The lowest BCUT2D eigenvalue weighted by atomic mass is 10.0. The van der Waals surface area contributed by atoms with Gasteiger partial charge >= 0.3 is 0 Å². The monoisotopic (exact) mass is 346 g/mol. The van der Waals surface area contributed by atoms with Crippen molar-refractivity contribution in [2.24, 2.45) is 0 Å². The molecule has 0 saturated carbocycles. The molecule has 0 bridgehead atoms. The van der Waals surface area contributed by atoms with Crippen molar-refractivity contribution in [3.63, 3.8) is 0 Å². The smallest absolute Gasteiger partial charge is 0.194 e. The van der Waals surface area contributed by atoms with Crippen molar-refractivity contribution < 1.29 is 13.9 Å². The van der Waals surface area contributed by atoms with Crippen molar-refractivity contribution in [1.82, 2.24) is 0 Å². The standard InChI is InChI=1S/C15H10Cl3FO2/c1-2-21-14-7-11(17)9(6-12(14)18)15(20)8-3-4-10(16)13(19)5-8/h3-7H,2H2,1H3. The molecule has 0 fully saturated rings. The van der Waals surface area contributed by atoms with Crippen LogP contribution in [0.3, 0.4) is 0 Å². The summed E-state index contributed by atoms with van der Waals surface area (Å²) in [6.45, 7) is 2.23. The average molecular weight is 348 g/mol. The molecule has 2 rings (SSSR count). The van der Waals surface area contributed by atoms with Crippen LogP contribution in [0.15, 0.2) is 30.3 Å². The Hall–Kier alpha value is -1.29. The van der Waals surface area contributed by atoms with E-state index < -0.39 is 11.6 Å². The second-order valence-electron chi connectivity index (χ2n) is 4.15. The van der Waals surface area contributed by atoms with Gasteiger partial charge in [0.1, 0.15) is 11.6 Å². The van der Waals surface area contributed by atoms with Crippen molar-refractivity contribution in [2.45, 2.75) is 6.92 Å². The number of ketones is 1. The van der Waals surface area contributed by atoms with E-state index in [1.54, 1.807) is 6.92 Å². The van der Waals surface area contributed by atoms with Crippen molar-refractivity contribution in [3.8, 4) is 5.75 Å². The molecule has 0 unspecified atom stereocenters. The summed E-state index contributed by atoms with van der Waals surface area (Å²) in [7, 11) is 0. The molecule has 0 spiro atoms. The number of carbonyl (C=O) groups is 1. The van der Waals surface area contributed by atoms with Gasteiger partial charge in [-0.3, -0.25) is 4.79 Å². The molecule has 0 aliphatic rings. The van der Waals surface area contributed by atoms with Gasteiger partial charge in [0.05, 0.1) is 21.7 Å². The molecule has 0 N–H and O–H groups in total. The van der Waals surface area contributed by atoms with Gasteiger partial charge in [0, 0.05) is 17.2 Å². The third-order valence-electron chi connectivity index (χ3n) is 2.75. The Morgan fingerprint density at radius 1 is 1.10 bits per heavy atom. The van der Waals surface area contributed by atoms with Crippen LogP contribution in [0.4, 0.5) is 4.39 Å². The van der Waals surface area contributed by atoms with E-state index in [4.69, 9.17) is 39.5 Å². The lowest BCUT2D eigenvalue weighted by molar-refractivity contribution is 0.103. The molecular formula is C15H10Cl3FO2. The zero-order valence-corrected chi connectivity index (χ0v) is 13.2. The lowest BCUT2D eigenvalue weighted by Gasteiger charge is -2.10. The summed E-state index contributed by atoms with van der Waals surface area (Å²) in [5.41, 5.74) is 0.311. The Morgan fingerprint density at radius 3 is 2.43 bits per heavy atom. The number of carbonyl (C=O) groups excluding carboxylic acids is 1. The molecule has 0 atom stereocenters. The minimum Gasteiger partial charge on any atom is -0.492 e. The van der Waals surface area contributed by atoms with E-state index in [1.807, 2.05) is 0 Å². The summed E-state index contributed by atoms with van der Waals surface area (Å²) in [6.07, 6.45) is 0. The normalized spacial score (nSPS) is 10.5. The summed E-state index contributed by atoms with van der Waals surface area (Å²) >= 11 is 17.7. The maximum absolute atomic E-state index is 13.4.